The summed E-state index contributed by atoms with van der Waals surface area (Å²) in [4.78, 5) is 21.5. The summed E-state index contributed by atoms with van der Waals surface area (Å²) in [6, 6.07) is 14.8. The third kappa shape index (κ3) is 4.64. The van der Waals surface area contributed by atoms with Gasteiger partial charge in [0.15, 0.2) is 10.9 Å². The fourth-order valence-electron chi connectivity index (χ4n) is 3.18. The number of nitrogens with one attached hydrogen (secondary N) is 1. The lowest BCUT2D eigenvalue weighted by Gasteiger charge is -2.11. The first kappa shape index (κ1) is 20.7. The lowest BCUT2D eigenvalue weighted by atomic mass is 10.1. The third-order valence-electron chi connectivity index (χ3n) is 4.73. The molecule has 2 aromatic heterocycles. The van der Waals surface area contributed by atoms with Crippen molar-refractivity contribution in [2.24, 2.45) is 0 Å². The van der Waals surface area contributed by atoms with Crippen LogP contribution < -0.4 is 14.8 Å². The second-order valence-corrected chi connectivity index (χ2v) is 7.53. The Morgan fingerprint density at radius 2 is 1.87 bits per heavy atom. The zero-order valence-electron chi connectivity index (χ0n) is 17.1. The number of methoxy groups -OCH3 is 2. The van der Waals surface area contributed by atoms with E-state index in [0.717, 1.165) is 16.5 Å². The molecule has 0 unspecified atom stereocenters. The highest BCUT2D eigenvalue weighted by molar-refractivity contribution is 7.98. The second-order valence-electron chi connectivity index (χ2n) is 6.59. The van der Waals surface area contributed by atoms with Crippen LogP contribution in [0.3, 0.4) is 0 Å². The molecule has 0 bridgehead atoms. The highest BCUT2D eigenvalue weighted by Crippen LogP contribution is 2.31. The van der Waals surface area contributed by atoms with Gasteiger partial charge in [-0.05, 0) is 24.3 Å². The standard InChI is InChI=1S/C23H21N3O4S/c1-28-16-9-8-15(20(12-16)29-2)13-26-22(27)21-18(14-31-23-24-10-5-11-25-23)17-6-3-4-7-19(17)30-21/h3-12H,13-14H2,1-2H3,(H,26,27). The van der Waals surface area contributed by atoms with Gasteiger partial charge in [-0.1, -0.05) is 30.0 Å². The van der Waals surface area contributed by atoms with E-state index in [1.54, 1.807) is 38.7 Å². The first-order valence-electron chi connectivity index (χ1n) is 9.59. The smallest absolute Gasteiger partial charge is 0.287 e. The maximum atomic E-state index is 13.0. The van der Waals surface area contributed by atoms with Gasteiger partial charge in [0.2, 0.25) is 0 Å². The molecule has 158 valence electrons. The number of carbonyl (C=O) groups is 1. The Kier molecular flexibility index (Phi) is 6.37. The molecule has 1 N–H and O–H groups in total. The molecule has 0 saturated carbocycles. The minimum atomic E-state index is -0.293. The molecule has 0 aliphatic heterocycles. The van der Waals surface area contributed by atoms with E-state index < -0.39 is 0 Å². The van der Waals surface area contributed by atoms with Crippen LogP contribution in [0.1, 0.15) is 21.7 Å². The van der Waals surface area contributed by atoms with Crippen molar-refractivity contribution in [2.75, 3.05) is 14.2 Å². The van der Waals surface area contributed by atoms with Crippen LogP contribution in [-0.4, -0.2) is 30.1 Å². The van der Waals surface area contributed by atoms with Gasteiger partial charge in [-0.25, -0.2) is 9.97 Å². The molecule has 0 fully saturated rings. The SMILES string of the molecule is COc1ccc(CNC(=O)c2oc3ccccc3c2CSc2ncccn2)c(OC)c1. The Bertz CT molecular complexity index is 1190. The molecule has 4 aromatic rings. The van der Waals surface area contributed by atoms with Gasteiger partial charge in [0.1, 0.15) is 17.1 Å². The van der Waals surface area contributed by atoms with Gasteiger partial charge >= 0.3 is 0 Å². The first-order valence-corrected chi connectivity index (χ1v) is 10.6. The lowest BCUT2D eigenvalue weighted by molar-refractivity contribution is 0.0924. The van der Waals surface area contributed by atoms with Crippen LogP contribution in [0.2, 0.25) is 0 Å². The molecule has 4 rings (SSSR count). The Hall–Kier alpha value is -3.52. The zero-order valence-corrected chi connectivity index (χ0v) is 17.9. The van der Waals surface area contributed by atoms with Crippen molar-refractivity contribution in [3.8, 4) is 11.5 Å². The Balaban J connectivity index is 1.56. The third-order valence-corrected chi connectivity index (χ3v) is 5.63. The number of ether oxygens (including phenoxy) is 2. The molecule has 1 amide bonds. The van der Waals surface area contributed by atoms with Gasteiger partial charge < -0.3 is 19.2 Å². The molecule has 0 aliphatic rings. The van der Waals surface area contributed by atoms with Crippen LogP contribution in [0.15, 0.2) is 70.5 Å². The monoisotopic (exact) mass is 435 g/mol. The summed E-state index contributed by atoms with van der Waals surface area (Å²) in [5.41, 5.74) is 2.31. The van der Waals surface area contributed by atoms with Gasteiger partial charge in [0.25, 0.3) is 5.91 Å². The van der Waals surface area contributed by atoms with Crippen molar-refractivity contribution in [3.63, 3.8) is 0 Å². The Labute approximate surface area is 183 Å². The fourth-order valence-corrected chi connectivity index (χ4v) is 4.01. The minimum absolute atomic E-state index is 0.289. The number of amides is 1. The highest BCUT2D eigenvalue weighted by Gasteiger charge is 2.21. The summed E-state index contributed by atoms with van der Waals surface area (Å²) in [5, 5.41) is 4.47. The van der Waals surface area contributed by atoms with Crippen LogP contribution >= 0.6 is 11.8 Å². The number of benzene rings is 2. The average Bonchev–Trinajstić information content (AvgIpc) is 3.20. The van der Waals surface area contributed by atoms with Gasteiger partial charge in [-0.15, -0.1) is 0 Å². The van der Waals surface area contributed by atoms with Gasteiger partial charge in [-0.3, -0.25) is 4.79 Å². The number of aromatic nitrogens is 2. The van der Waals surface area contributed by atoms with Crippen LogP contribution in [0.5, 0.6) is 11.5 Å². The summed E-state index contributed by atoms with van der Waals surface area (Å²) >= 11 is 1.45. The number of rotatable bonds is 8. The van der Waals surface area contributed by atoms with E-state index in [1.807, 2.05) is 36.4 Å². The van der Waals surface area contributed by atoms with Crippen molar-refractivity contribution in [3.05, 3.63) is 77.8 Å². The number of hydrogen-bond donors (Lipinski definition) is 1. The average molecular weight is 436 g/mol. The number of fused-ring (bicyclic) bond motifs is 1. The Morgan fingerprint density at radius 3 is 2.65 bits per heavy atom. The predicted octanol–water partition coefficient (Wildman–Crippen LogP) is 4.46. The molecule has 0 aliphatic carbocycles. The number of thioether (sulfide) groups is 1. The largest absolute Gasteiger partial charge is 0.497 e. The topological polar surface area (TPSA) is 86.5 Å². The van der Waals surface area contributed by atoms with E-state index in [4.69, 9.17) is 13.9 Å². The summed E-state index contributed by atoms with van der Waals surface area (Å²) in [6.45, 7) is 0.289. The maximum absolute atomic E-state index is 13.0. The predicted molar refractivity (Wildman–Crippen MR) is 119 cm³/mol. The van der Waals surface area contributed by atoms with Crippen molar-refractivity contribution in [1.82, 2.24) is 15.3 Å². The molecule has 0 spiro atoms. The number of para-hydroxylation sites is 1. The fraction of sp³-hybridized carbons (Fsp3) is 0.174. The van der Waals surface area contributed by atoms with Crippen LogP contribution in [-0.2, 0) is 12.3 Å². The number of nitrogens with zero attached hydrogens (tertiary/aromatic N) is 2. The van der Waals surface area contributed by atoms with Crippen molar-refractivity contribution in [2.45, 2.75) is 17.5 Å². The molecule has 8 heteroatoms. The molecule has 7 nitrogen and oxygen atoms in total. The van der Waals surface area contributed by atoms with Crippen molar-refractivity contribution >= 4 is 28.6 Å². The molecule has 0 radical (unpaired) electrons. The number of carbonyl (C=O) groups excluding carboxylic acids is 1. The van der Waals surface area contributed by atoms with E-state index in [1.165, 1.54) is 11.8 Å². The molecular formula is C23H21N3O4S. The van der Waals surface area contributed by atoms with Crippen LogP contribution in [0.25, 0.3) is 11.0 Å². The molecule has 2 aromatic carbocycles. The number of furan rings is 1. The van der Waals surface area contributed by atoms with Gasteiger partial charge in [0, 0.05) is 47.3 Å². The first-order chi connectivity index (χ1) is 15.2. The van der Waals surface area contributed by atoms with Crippen molar-refractivity contribution < 1.29 is 18.7 Å². The Morgan fingerprint density at radius 1 is 1.06 bits per heavy atom. The van der Waals surface area contributed by atoms with E-state index in [9.17, 15) is 4.79 Å². The molecule has 31 heavy (non-hydrogen) atoms. The quantitative estimate of drug-likeness (QED) is 0.323. The maximum Gasteiger partial charge on any atom is 0.287 e. The van der Waals surface area contributed by atoms with E-state index in [-0.39, 0.29) is 18.2 Å². The molecular weight excluding hydrogens is 414 g/mol. The summed E-state index contributed by atoms with van der Waals surface area (Å²) in [5.74, 6) is 1.83. The van der Waals surface area contributed by atoms with Gasteiger partial charge in [-0.2, -0.15) is 0 Å². The van der Waals surface area contributed by atoms with Crippen molar-refractivity contribution in [1.29, 1.82) is 0 Å². The second kappa shape index (κ2) is 9.53. The highest BCUT2D eigenvalue weighted by atomic mass is 32.2. The summed E-state index contributed by atoms with van der Waals surface area (Å²) in [6.07, 6.45) is 3.39. The van der Waals surface area contributed by atoms with E-state index in [2.05, 4.69) is 15.3 Å². The summed E-state index contributed by atoms with van der Waals surface area (Å²) in [7, 11) is 3.18. The van der Waals surface area contributed by atoms with Crippen LogP contribution in [0, 0.1) is 0 Å². The van der Waals surface area contributed by atoms with E-state index in [0.29, 0.717) is 28.0 Å². The molecule has 0 atom stereocenters. The van der Waals surface area contributed by atoms with E-state index >= 15 is 0 Å². The lowest BCUT2D eigenvalue weighted by Crippen LogP contribution is -2.23. The molecule has 0 saturated heterocycles. The van der Waals surface area contributed by atoms with Crippen LogP contribution in [0.4, 0.5) is 0 Å². The van der Waals surface area contributed by atoms with Gasteiger partial charge in [0.05, 0.1) is 14.2 Å². The summed E-state index contributed by atoms with van der Waals surface area (Å²) < 4.78 is 16.6. The zero-order chi connectivity index (χ0) is 21.6. The molecule has 2 heterocycles. The number of hydrogen-bond acceptors (Lipinski definition) is 7. The minimum Gasteiger partial charge on any atom is -0.497 e. The normalized spacial score (nSPS) is 10.8.